The number of benzene rings is 1. The lowest BCUT2D eigenvalue weighted by Gasteiger charge is -2.35. The fourth-order valence-electron chi connectivity index (χ4n) is 2.84. The summed E-state index contributed by atoms with van der Waals surface area (Å²) in [5.41, 5.74) is 0.429. The van der Waals surface area contributed by atoms with E-state index in [9.17, 15) is 14.9 Å². The lowest BCUT2D eigenvalue weighted by Crippen LogP contribution is -2.44. The maximum atomic E-state index is 11.8. The molecule has 0 spiro atoms. The van der Waals surface area contributed by atoms with E-state index in [0.29, 0.717) is 18.8 Å². The lowest BCUT2D eigenvalue weighted by molar-refractivity contribution is -0.385. The molecule has 0 N–H and O–H groups in total. The van der Waals surface area contributed by atoms with Gasteiger partial charge in [-0.1, -0.05) is 6.07 Å². The van der Waals surface area contributed by atoms with Crippen LogP contribution < -0.4 is 9.64 Å². The molecule has 1 aliphatic rings. The predicted molar refractivity (Wildman–Crippen MR) is 79.9 cm³/mol. The van der Waals surface area contributed by atoms with Crippen LogP contribution in [0.2, 0.25) is 0 Å². The van der Waals surface area contributed by atoms with Gasteiger partial charge in [-0.25, -0.2) is 0 Å². The summed E-state index contributed by atoms with van der Waals surface area (Å²) in [5.74, 6) is 0.304. The monoisotopic (exact) mass is 292 g/mol. The second-order valence-corrected chi connectivity index (χ2v) is 5.13. The van der Waals surface area contributed by atoms with Gasteiger partial charge in [0.05, 0.1) is 17.6 Å². The molecule has 114 valence electrons. The molecule has 1 aromatic carbocycles. The van der Waals surface area contributed by atoms with Crippen molar-refractivity contribution in [2.24, 2.45) is 0 Å². The highest BCUT2D eigenvalue weighted by Crippen LogP contribution is 2.39. The zero-order valence-electron chi connectivity index (χ0n) is 12.4. The molecular formula is C15H20N2O4. The van der Waals surface area contributed by atoms with Gasteiger partial charge in [0.15, 0.2) is 11.5 Å². The Morgan fingerprint density at radius 2 is 2.24 bits per heavy atom. The molecule has 1 aromatic rings. The third kappa shape index (κ3) is 3.15. The average Bonchev–Trinajstić information content (AvgIpc) is 2.47. The molecule has 0 aliphatic carbocycles. The van der Waals surface area contributed by atoms with Gasteiger partial charge in [0, 0.05) is 6.54 Å². The normalized spacial score (nSPS) is 18.4. The number of hydrogen-bond acceptors (Lipinski definition) is 5. The van der Waals surface area contributed by atoms with Gasteiger partial charge in [-0.2, -0.15) is 0 Å². The highest BCUT2D eigenvalue weighted by molar-refractivity contribution is 5.86. The molecule has 0 saturated carbocycles. The summed E-state index contributed by atoms with van der Waals surface area (Å²) < 4.78 is 5.37. The van der Waals surface area contributed by atoms with Crippen LogP contribution in [0.25, 0.3) is 0 Å². The number of rotatable bonds is 5. The fraction of sp³-hybridized carbons (Fsp3) is 0.533. The summed E-state index contributed by atoms with van der Waals surface area (Å²) in [5, 5.41) is 11.5. The number of nitro benzene ring substituents is 1. The second-order valence-electron chi connectivity index (χ2n) is 5.13. The third-order valence-corrected chi connectivity index (χ3v) is 3.74. The minimum absolute atomic E-state index is 0.0470. The van der Waals surface area contributed by atoms with Crippen LogP contribution in [0.3, 0.4) is 0 Å². The van der Waals surface area contributed by atoms with Gasteiger partial charge in [0.1, 0.15) is 5.69 Å². The van der Waals surface area contributed by atoms with Gasteiger partial charge in [0.2, 0.25) is 0 Å². The van der Waals surface area contributed by atoms with Crippen molar-refractivity contribution in [1.29, 1.82) is 0 Å². The topological polar surface area (TPSA) is 72.7 Å². The van der Waals surface area contributed by atoms with Crippen molar-refractivity contribution in [3.63, 3.8) is 0 Å². The molecule has 1 unspecified atom stereocenters. The molecule has 1 saturated heterocycles. The van der Waals surface area contributed by atoms with Gasteiger partial charge >= 0.3 is 5.69 Å². The van der Waals surface area contributed by atoms with E-state index in [2.05, 4.69) is 0 Å². The molecule has 2 rings (SSSR count). The SMILES string of the molecule is CCOc1cccc(N2CCCCC2C(C)=O)c1[N+](=O)[O-]. The molecule has 21 heavy (non-hydrogen) atoms. The first-order chi connectivity index (χ1) is 10.1. The number of carbonyl (C=O) groups is 1. The van der Waals surface area contributed by atoms with E-state index in [4.69, 9.17) is 4.74 Å². The predicted octanol–water partition coefficient (Wildman–Crippen LogP) is 2.94. The van der Waals surface area contributed by atoms with Crippen LogP contribution in [0.15, 0.2) is 18.2 Å². The summed E-state index contributed by atoms with van der Waals surface area (Å²) in [4.78, 5) is 24.7. The van der Waals surface area contributed by atoms with Crippen molar-refractivity contribution in [2.45, 2.75) is 39.2 Å². The van der Waals surface area contributed by atoms with Crippen LogP contribution in [-0.4, -0.2) is 29.9 Å². The zero-order chi connectivity index (χ0) is 15.4. The maximum Gasteiger partial charge on any atom is 0.333 e. The Balaban J connectivity index is 2.48. The zero-order valence-corrected chi connectivity index (χ0v) is 12.4. The van der Waals surface area contributed by atoms with E-state index in [1.807, 2.05) is 4.90 Å². The highest BCUT2D eigenvalue weighted by atomic mass is 16.6. The van der Waals surface area contributed by atoms with E-state index >= 15 is 0 Å². The largest absolute Gasteiger partial charge is 0.487 e. The van der Waals surface area contributed by atoms with Crippen LogP contribution in [0.1, 0.15) is 33.1 Å². The van der Waals surface area contributed by atoms with Crippen LogP contribution in [-0.2, 0) is 4.79 Å². The minimum atomic E-state index is -0.424. The quantitative estimate of drug-likeness (QED) is 0.616. The van der Waals surface area contributed by atoms with Crippen molar-refractivity contribution >= 4 is 17.2 Å². The number of nitro groups is 1. The minimum Gasteiger partial charge on any atom is -0.487 e. The fourth-order valence-corrected chi connectivity index (χ4v) is 2.84. The number of hydrogen-bond donors (Lipinski definition) is 0. The molecule has 0 radical (unpaired) electrons. The molecule has 1 heterocycles. The van der Waals surface area contributed by atoms with Gasteiger partial charge in [-0.05, 0) is 45.2 Å². The van der Waals surface area contributed by atoms with Crippen LogP contribution in [0, 0.1) is 10.1 Å². The van der Waals surface area contributed by atoms with Gasteiger partial charge in [0.25, 0.3) is 0 Å². The summed E-state index contributed by atoms with van der Waals surface area (Å²) in [7, 11) is 0. The summed E-state index contributed by atoms with van der Waals surface area (Å²) in [6, 6.07) is 4.74. The first-order valence-electron chi connectivity index (χ1n) is 7.23. The Morgan fingerprint density at radius 3 is 2.86 bits per heavy atom. The van der Waals surface area contributed by atoms with Crippen molar-refractivity contribution in [2.75, 3.05) is 18.1 Å². The van der Waals surface area contributed by atoms with Crippen molar-refractivity contribution in [3.8, 4) is 5.75 Å². The molecule has 1 atom stereocenters. The Labute approximate surface area is 123 Å². The van der Waals surface area contributed by atoms with Crippen molar-refractivity contribution in [3.05, 3.63) is 28.3 Å². The molecule has 0 aromatic heterocycles. The Morgan fingerprint density at radius 1 is 1.48 bits per heavy atom. The number of piperidine rings is 1. The average molecular weight is 292 g/mol. The Bertz CT molecular complexity index is 544. The molecular weight excluding hydrogens is 272 g/mol. The molecule has 0 bridgehead atoms. The Hall–Kier alpha value is -2.11. The van der Waals surface area contributed by atoms with Gasteiger partial charge in [-0.3, -0.25) is 14.9 Å². The summed E-state index contributed by atoms with van der Waals surface area (Å²) in [6.07, 6.45) is 2.64. The number of ether oxygens (including phenoxy) is 1. The number of anilines is 1. The summed E-state index contributed by atoms with van der Waals surface area (Å²) in [6.45, 7) is 4.35. The molecule has 1 aliphatic heterocycles. The molecule has 1 fully saturated rings. The number of ketones is 1. The van der Waals surface area contributed by atoms with Gasteiger partial charge in [-0.15, -0.1) is 0 Å². The number of carbonyl (C=O) groups excluding carboxylic acids is 1. The van der Waals surface area contributed by atoms with E-state index < -0.39 is 4.92 Å². The first-order valence-corrected chi connectivity index (χ1v) is 7.23. The van der Waals surface area contributed by atoms with E-state index in [-0.39, 0.29) is 23.3 Å². The van der Waals surface area contributed by atoms with Crippen LogP contribution in [0.5, 0.6) is 5.75 Å². The third-order valence-electron chi connectivity index (χ3n) is 3.74. The molecule has 6 nitrogen and oxygen atoms in total. The van der Waals surface area contributed by atoms with Crippen molar-refractivity contribution < 1.29 is 14.5 Å². The maximum absolute atomic E-state index is 11.8. The number of Topliss-reactive ketones (excluding diaryl/α,β-unsaturated/α-hetero) is 1. The van der Waals surface area contributed by atoms with E-state index in [0.717, 1.165) is 19.3 Å². The Kier molecular flexibility index (Phi) is 4.77. The smallest absolute Gasteiger partial charge is 0.333 e. The van der Waals surface area contributed by atoms with Crippen LogP contribution in [0.4, 0.5) is 11.4 Å². The number of nitrogens with zero attached hydrogens (tertiary/aromatic N) is 2. The molecule has 0 amide bonds. The lowest BCUT2D eigenvalue weighted by atomic mass is 9.98. The van der Waals surface area contributed by atoms with Gasteiger partial charge < -0.3 is 9.64 Å². The summed E-state index contributed by atoms with van der Waals surface area (Å²) >= 11 is 0. The molecule has 6 heteroatoms. The van der Waals surface area contributed by atoms with E-state index in [1.54, 1.807) is 32.0 Å². The van der Waals surface area contributed by atoms with Crippen LogP contribution >= 0.6 is 0 Å². The number of para-hydroxylation sites is 1. The first kappa shape index (κ1) is 15.3. The second kappa shape index (κ2) is 6.56. The highest BCUT2D eigenvalue weighted by Gasteiger charge is 2.32. The van der Waals surface area contributed by atoms with E-state index in [1.165, 1.54) is 0 Å². The standard InChI is InChI=1S/C15H20N2O4/c1-3-21-14-9-6-8-13(15(14)17(19)20)16-10-5-4-7-12(16)11(2)18/h6,8-9,12H,3-5,7,10H2,1-2H3. The van der Waals surface area contributed by atoms with Crippen molar-refractivity contribution in [1.82, 2.24) is 0 Å².